The molecule has 2 unspecified atom stereocenters. The Morgan fingerprint density at radius 3 is 1.64 bits per heavy atom. The average molecular weight is 332 g/mol. The minimum atomic E-state index is -0.125. The zero-order chi connectivity index (χ0) is 17.6. The maximum absolute atomic E-state index is 7.62. The Bertz CT molecular complexity index is 749. The highest BCUT2D eigenvalue weighted by atomic mass is 16.3. The molecule has 0 radical (unpaired) electrons. The number of fused-ring (bicyclic) bond motifs is 2. The monoisotopic (exact) mass is 332 g/mol. The minimum absolute atomic E-state index is 0.125. The molecule has 2 aliphatic carbocycles. The number of aliphatic hydroxyl groups excluding tert-OH is 2. The molecule has 2 nitrogen and oxygen atoms in total. The second-order valence-electron chi connectivity index (χ2n) is 6.17. The van der Waals surface area contributed by atoms with Crippen LogP contribution in [0.1, 0.15) is 41.0 Å². The van der Waals surface area contributed by atoms with Gasteiger partial charge in [0.15, 0.2) is 0 Å². The van der Waals surface area contributed by atoms with Gasteiger partial charge >= 0.3 is 0 Å². The summed E-state index contributed by atoms with van der Waals surface area (Å²) >= 11 is 0. The third-order valence-corrected chi connectivity index (χ3v) is 4.75. The molecule has 2 atom stereocenters. The Hall–Kier alpha value is -2.42. The molecule has 25 heavy (non-hydrogen) atoms. The van der Waals surface area contributed by atoms with Gasteiger partial charge in [-0.2, -0.15) is 0 Å². The smallest absolute Gasteiger partial charge is 0.0662 e. The lowest BCUT2D eigenvalue weighted by Crippen LogP contribution is -2.06. The first-order valence-corrected chi connectivity index (χ1v) is 8.72. The third-order valence-electron chi connectivity index (χ3n) is 4.75. The highest BCUT2D eigenvalue weighted by molar-refractivity contribution is 5.69. The van der Waals surface area contributed by atoms with Crippen LogP contribution >= 0.6 is 0 Å². The van der Waals surface area contributed by atoms with E-state index in [0.717, 1.165) is 0 Å². The van der Waals surface area contributed by atoms with Crippen molar-refractivity contribution in [3.05, 3.63) is 94.6 Å². The molecule has 2 heteroatoms. The number of benzene rings is 2. The standard InChI is InChI=1S/C21H18.C2H6O2/c1-2-17(20-13-11-15-7-3-5-9-18(15)20)21-14-12-16-8-4-6-10-19(16)21;3-1-2-4/h2-14,20-21H,1H3;3-4H,1-2H2. The molecule has 0 bridgehead atoms. The lowest BCUT2D eigenvalue weighted by atomic mass is 9.82. The Kier molecular flexibility index (Phi) is 5.64. The SMILES string of the molecule is CC=C(C1C=Cc2ccccc21)C1C=Cc2ccccc21.OCCO. The summed E-state index contributed by atoms with van der Waals surface area (Å²) in [7, 11) is 0. The molecule has 2 aromatic rings. The van der Waals surface area contributed by atoms with Crippen molar-refractivity contribution in [1.29, 1.82) is 0 Å². The Labute approximate surface area is 149 Å². The highest BCUT2D eigenvalue weighted by Gasteiger charge is 2.28. The van der Waals surface area contributed by atoms with E-state index in [1.807, 2.05) is 0 Å². The second-order valence-corrected chi connectivity index (χ2v) is 6.17. The van der Waals surface area contributed by atoms with Gasteiger partial charge in [0, 0.05) is 11.8 Å². The molecule has 2 aliphatic rings. The van der Waals surface area contributed by atoms with Crippen molar-refractivity contribution in [2.75, 3.05) is 13.2 Å². The molecule has 2 N–H and O–H groups in total. The number of hydrogen-bond acceptors (Lipinski definition) is 2. The van der Waals surface area contributed by atoms with Crippen molar-refractivity contribution in [3.8, 4) is 0 Å². The van der Waals surface area contributed by atoms with Crippen molar-refractivity contribution in [2.45, 2.75) is 18.8 Å². The van der Waals surface area contributed by atoms with Gasteiger partial charge in [0.2, 0.25) is 0 Å². The maximum atomic E-state index is 7.62. The van der Waals surface area contributed by atoms with Crippen molar-refractivity contribution >= 4 is 12.2 Å². The number of aliphatic hydroxyl groups is 2. The van der Waals surface area contributed by atoms with Crippen LogP contribution in [0.2, 0.25) is 0 Å². The molecule has 0 saturated heterocycles. The van der Waals surface area contributed by atoms with Crippen molar-refractivity contribution in [2.24, 2.45) is 0 Å². The van der Waals surface area contributed by atoms with Crippen LogP contribution in [0.5, 0.6) is 0 Å². The molecule has 128 valence electrons. The molecule has 0 heterocycles. The lowest BCUT2D eigenvalue weighted by molar-refractivity contribution is 0.186. The zero-order valence-electron chi connectivity index (χ0n) is 14.5. The topological polar surface area (TPSA) is 40.5 Å². The molecule has 4 rings (SSSR count). The lowest BCUT2D eigenvalue weighted by Gasteiger charge is -2.22. The van der Waals surface area contributed by atoms with Gasteiger partial charge in [-0.1, -0.05) is 84.5 Å². The van der Waals surface area contributed by atoms with Crippen LogP contribution in [-0.2, 0) is 0 Å². The highest BCUT2D eigenvalue weighted by Crippen LogP contribution is 2.45. The molecule has 0 aliphatic heterocycles. The molecule has 0 aromatic heterocycles. The molecule has 0 fully saturated rings. The van der Waals surface area contributed by atoms with Gasteiger partial charge in [0.1, 0.15) is 0 Å². The van der Waals surface area contributed by atoms with Gasteiger partial charge in [0.05, 0.1) is 13.2 Å². The summed E-state index contributed by atoms with van der Waals surface area (Å²) in [5.74, 6) is 0.819. The second kappa shape index (κ2) is 8.11. The molecule has 0 saturated carbocycles. The van der Waals surface area contributed by atoms with Crippen LogP contribution in [-0.4, -0.2) is 23.4 Å². The van der Waals surface area contributed by atoms with Gasteiger partial charge in [0.25, 0.3) is 0 Å². The predicted molar refractivity (Wildman–Crippen MR) is 104 cm³/mol. The van der Waals surface area contributed by atoms with Crippen molar-refractivity contribution in [3.63, 3.8) is 0 Å². The zero-order valence-corrected chi connectivity index (χ0v) is 14.5. The first-order valence-electron chi connectivity index (χ1n) is 8.72. The van der Waals surface area contributed by atoms with Crippen molar-refractivity contribution < 1.29 is 10.2 Å². The van der Waals surface area contributed by atoms with Crippen LogP contribution < -0.4 is 0 Å². The van der Waals surface area contributed by atoms with Gasteiger partial charge in [-0.25, -0.2) is 0 Å². The number of hydrogen-bond donors (Lipinski definition) is 2. The van der Waals surface area contributed by atoms with Crippen molar-refractivity contribution in [1.82, 2.24) is 0 Å². The third kappa shape index (κ3) is 3.51. The first kappa shape index (κ1) is 17.4. The molecule has 0 amide bonds. The molecule has 2 aromatic carbocycles. The van der Waals surface area contributed by atoms with Crippen LogP contribution in [0.25, 0.3) is 12.2 Å². The largest absolute Gasteiger partial charge is 0.394 e. The fraction of sp³-hybridized carbons (Fsp3) is 0.217. The van der Waals surface area contributed by atoms with E-state index in [1.54, 1.807) is 0 Å². The van der Waals surface area contributed by atoms with Gasteiger partial charge in [-0.15, -0.1) is 0 Å². The first-order chi connectivity index (χ1) is 12.3. The van der Waals surface area contributed by atoms with E-state index in [2.05, 4.69) is 85.8 Å². The summed E-state index contributed by atoms with van der Waals surface area (Å²) in [5.41, 5.74) is 7.07. The van der Waals surface area contributed by atoms with Gasteiger partial charge in [-0.3, -0.25) is 0 Å². The summed E-state index contributed by atoms with van der Waals surface area (Å²) in [6, 6.07) is 17.4. The Morgan fingerprint density at radius 2 is 1.24 bits per heavy atom. The fourth-order valence-electron chi connectivity index (χ4n) is 3.63. The van der Waals surface area contributed by atoms with E-state index in [-0.39, 0.29) is 13.2 Å². The summed E-state index contributed by atoms with van der Waals surface area (Å²) in [4.78, 5) is 0. The minimum Gasteiger partial charge on any atom is -0.394 e. The summed E-state index contributed by atoms with van der Waals surface area (Å²) < 4.78 is 0. The molecule has 0 spiro atoms. The van der Waals surface area contributed by atoms with Crippen LogP contribution in [0.4, 0.5) is 0 Å². The van der Waals surface area contributed by atoms with Gasteiger partial charge < -0.3 is 10.2 Å². The van der Waals surface area contributed by atoms with Crippen LogP contribution in [0.3, 0.4) is 0 Å². The maximum Gasteiger partial charge on any atom is 0.0662 e. The van der Waals surface area contributed by atoms with E-state index in [0.29, 0.717) is 11.8 Å². The van der Waals surface area contributed by atoms with Crippen LogP contribution in [0, 0.1) is 0 Å². The average Bonchev–Trinajstić information content (AvgIpc) is 3.28. The van der Waals surface area contributed by atoms with E-state index in [4.69, 9.17) is 10.2 Å². The van der Waals surface area contributed by atoms with E-state index < -0.39 is 0 Å². The molecular weight excluding hydrogens is 308 g/mol. The number of rotatable bonds is 3. The van der Waals surface area contributed by atoms with E-state index in [1.165, 1.54) is 27.8 Å². The van der Waals surface area contributed by atoms with Gasteiger partial charge in [-0.05, 0) is 29.2 Å². The fourth-order valence-corrected chi connectivity index (χ4v) is 3.63. The summed E-state index contributed by atoms with van der Waals surface area (Å²) in [5, 5.41) is 15.2. The normalized spacial score (nSPS) is 19.0. The molecular formula is C23H24O2. The predicted octanol–water partition coefficient (Wildman–Crippen LogP) is 4.52. The van der Waals surface area contributed by atoms with Crippen LogP contribution in [0.15, 0.2) is 72.3 Å². The summed E-state index contributed by atoms with van der Waals surface area (Å²) in [6.07, 6.45) is 11.5. The van der Waals surface area contributed by atoms with E-state index in [9.17, 15) is 0 Å². The Balaban J connectivity index is 0.000000415. The Morgan fingerprint density at radius 1 is 0.800 bits per heavy atom. The van der Waals surface area contributed by atoms with E-state index >= 15 is 0 Å². The summed E-state index contributed by atoms with van der Waals surface area (Å²) in [6.45, 7) is 1.92. The quantitative estimate of drug-likeness (QED) is 0.811. The number of allylic oxidation sites excluding steroid dienone is 4.